The number of carbonyl (C=O) groups excluding carboxylic acids is 1. The summed E-state index contributed by atoms with van der Waals surface area (Å²) >= 11 is 6.02. The Bertz CT molecular complexity index is 561. The molecule has 0 saturated heterocycles. The van der Waals surface area contributed by atoms with Crippen molar-refractivity contribution in [1.29, 1.82) is 0 Å². The molecule has 1 aromatic rings. The Morgan fingerprint density at radius 3 is 2.90 bits per heavy atom. The molecule has 7 heteroatoms. The molecule has 0 aliphatic carbocycles. The van der Waals surface area contributed by atoms with Gasteiger partial charge in [0.1, 0.15) is 0 Å². The summed E-state index contributed by atoms with van der Waals surface area (Å²) in [4.78, 5) is 22.5. The number of hydrogen-bond acceptors (Lipinski definition) is 4. The Labute approximate surface area is 127 Å². The van der Waals surface area contributed by atoms with Crippen molar-refractivity contribution < 1.29 is 24.2 Å². The second kappa shape index (κ2) is 6.67. The van der Waals surface area contributed by atoms with Crippen LogP contribution < -0.4 is 14.8 Å². The van der Waals surface area contributed by atoms with Crippen LogP contribution in [-0.2, 0) is 4.79 Å². The average molecular weight is 314 g/mol. The van der Waals surface area contributed by atoms with Crippen molar-refractivity contribution in [3.05, 3.63) is 22.7 Å². The molecule has 0 saturated carbocycles. The Morgan fingerprint density at radius 2 is 2.19 bits per heavy atom. The highest BCUT2D eigenvalue weighted by atomic mass is 35.5. The second-order valence-electron chi connectivity index (χ2n) is 4.94. The molecule has 0 fully saturated rings. The summed E-state index contributed by atoms with van der Waals surface area (Å²) in [6.07, 6.45) is 0.602. The van der Waals surface area contributed by atoms with E-state index in [1.807, 2.05) is 6.92 Å². The fourth-order valence-electron chi connectivity index (χ4n) is 1.94. The number of carboxylic acids is 1. The first-order chi connectivity index (χ1) is 9.97. The number of amides is 1. The predicted molar refractivity (Wildman–Crippen MR) is 75.9 cm³/mol. The van der Waals surface area contributed by atoms with Crippen LogP contribution in [0.1, 0.15) is 30.1 Å². The number of hydrogen-bond donors (Lipinski definition) is 2. The first-order valence-corrected chi connectivity index (χ1v) is 6.94. The van der Waals surface area contributed by atoms with E-state index < -0.39 is 5.97 Å². The highest BCUT2D eigenvalue weighted by Gasteiger charge is 2.20. The normalized spacial score (nSPS) is 13.8. The van der Waals surface area contributed by atoms with Crippen LogP contribution in [0.15, 0.2) is 12.1 Å². The van der Waals surface area contributed by atoms with Gasteiger partial charge in [0.05, 0.1) is 5.02 Å². The lowest BCUT2D eigenvalue weighted by atomic mass is 10.1. The third-order valence-corrected chi connectivity index (χ3v) is 3.43. The molecule has 2 rings (SSSR count). The van der Waals surface area contributed by atoms with Crippen LogP contribution in [0.25, 0.3) is 0 Å². The molecule has 1 atom stereocenters. The van der Waals surface area contributed by atoms with Crippen molar-refractivity contribution in [2.24, 2.45) is 5.92 Å². The van der Waals surface area contributed by atoms with Crippen molar-refractivity contribution in [2.45, 2.75) is 19.8 Å². The summed E-state index contributed by atoms with van der Waals surface area (Å²) in [5.41, 5.74) is 0.384. The van der Waals surface area contributed by atoms with Gasteiger partial charge in [0.25, 0.3) is 5.91 Å². The van der Waals surface area contributed by atoms with Crippen LogP contribution in [0.4, 0.5) is 0 Å². The third kappa shape index (κ3) is 4.01. The summed E-state index contributed by atoms with van der Waals surface area (Å²) in [6, 6.07) is 3.10. The van der Waals surface area contributed by atoms with Crippen molar-refractivity contribution >= 4 is 23.5 Å². The smallest absolute Gasteiger partial charge is 0.303 e. The van der Waals surface area contributed by atoms with Gasteiger partial charge < -0.3 is 19.9 Å². The van der Waals surface area contributed by atoms with E-state index in [9.17, 15) is 9.59 Å². The lowest BCUT2D eigenvalue weighted by Gasteiger charge is -2.12. The zero-order valence-electron chi connectivity index (χ0n) is 11.5. The molecule has 6 nitrogen and oxygen atoms in total. The second-order valence-corrected chi connectivity index (χ2v) is 5.35. The molecule has 114 valence electrons. The molecule has 2 N–H and O–H groups in total. The van der Waals surface area contributed by atoms with E-state index in [2.05, 4.69) is 5.32 Å². The largest absolute Gasteiger partial charge is 0.481 e. The van der Waals surface area contributed by atoms with Crippen molar-refractivity contribution in [3.63, 3.8) is 0 Å². The van der Waals surface area contributed by atoms with Gasteiger partial charge in [0.15, 0.2) is 11.5 Å². The maximum atomic E-state index is 12.1. The summed E-state index contributed by atoms with van der Waals surface area (Å²) in [5, 5.41) is 11.7. The zero-order chi connectivity index (χ0) is 15.4. The van der Waals surface area contributed by atoms with E-state index in [1.54, 1.807) is 6.07 Å². The Morgan fingerprint density at radius 1 is 1.43 bits per heavy atom. The third-order valence-electron chi connectivity index (χ3n) is 3.15. The minimum absolute atomic E-state index is 0.0783. The molecule has 0 radical (unpaired) electrons. The Balaban J connectivity index is 1.92. The predicted octanol–water partition coefficient (Wildman–Crippen LogP) is 2.30. The summed E-state index contributed by atoms with van der Waals surface area (Å²) in [7, 11) is 0. The molecule has 1 heterocycles. The quantitative estimate of drug-likeness (QED) is 0.841. The average Bonchev–Trinajstić information content (AvgIpc) is 2.91. The fraction of sp³-hybridized carbons (Fsp3) is 0.429. The minimum Gasteiger partial charge on any atom is -0.481 e. The topological polar surface area (TPSA) is 84.9 Å². The fourth-order valence-corrected chi connectivity index (χ4v) is 2.20. The van der Waals surface area contributed by atoms with Gasteiger partial charge in [-0.1, -0.05) is 18.5 Å². The molecule has 0 spiro atoms. The number of aliphatic carboxylic acids is 1. The van der Waals surface area contributed by atoms with Crippen LogP contribution in [0.3, 0.4) is 0 Å². The van der Waals surface area contributed by atoms with Gasteiger partial charge in [-0.2, -0.15) is 0 Å². The highest BCUT2D eigenvalue weighted by molar-refractivity contribution is 6.32. The van der Waals surface area contributed by atoms with Crippen LogP contribution >= 0.6 is 11.6 Å². The molecule has 1 aliphatic rings. The van der Waals surface area contributed by atoms with Gasteiger partial charge in [-0.05, 0) is 24.5 Å². The molecule has 1 aliphatic heterocycles. The highest BCUT2D eigenvalue weighted by Crippen LogP contribution is 2.39. The number of fused-ring (bicyclic) bond motifs is 1. The lowest BCUT2D eigenvalue weighted by molar-refractivity contribution is -0.137. The first kappa shape index (κ1) is 15.4. The summed E-state index contributed by atoms with van der Waals surface area (Å²) in [6.45, 7) is 2.38. The first-order valence-electron chi connectivity index (χ1n) is 6.56. The monoisotopic (exact) mass is 313 g/mol. The standard InChI is InChI=1S/C14H16ClNO5/c1-8(2-3-12(17)18)6-16-14(19)9-4-10(15)13-11(5-9)20-7-21-13/h4-5,8H,2-3,6-7H2,1H3,(H,16,19)(H,17,18). The van der Waals surface area contributed by atoms with Gasteiger partial charge in [-0.25, -0.2) is 0 Å². The summed E-state index contributed by atoms with van der Waals surface area (Å²) in [5.74, 6) is -0.141. The van der Waals surface area contributed by atoms with Gasteiger partial charge in [-0.15, -0.1) is 0 Å². The van der Waals surface area contributed by atoms with E-state index in [-0.39, 0.29) is 25.0 Å². The zero-order valence-corrected chi connectivity index (χ0v) is 12.3. The van der Waals surface area contributed by atoms with Gasteiger partial charge in [0, 0.05) is 18.5 Å². The van der Waals surface area contributed by atoms with Crippen LogP contribution in [0, 0.1) is 5.92 Å². The maximum Gasteiger partial charge on any atom is 0.303 e. The molecule has 0 aromatic heterocycles. The summed E-state index contributed by atoms with van der Waals surface area (Å²) < 4.78 is 10.4. The number of benzene rings is 1. The van der Waals surface area contributed by atoms with Gasteiger partial charge >= 0.3 is 5.97 Å². The lowest BCUT2D eigenvalue weighted by Crippen LogP contribution is -2.28. The van der Waals surface area contributed by atoms with E-state index in [0.29, 0.717) is 35.1 Å². The Kier molecular flexibility index (Phi) is 4.90. The molecule has 21 heavy (non-hydrogen) atoms. The van der Waals surface area contributed by atoms with Crippen LogP contribution in [0.2, 0.25) is 5.02 Å². The van der Waals surface area contributed by atoms with Crippen LogP contribution in [-0.4, -0.2) is 30.3 Å². The maximum absolute atomic E-state index is 12.1. The molecule has 0 bridgehead atoms. The van der Waals surface area contributed by atoms with Crippen LogP contribution in [0.5, 0.6) is 11.5 Å². The molecule has 1 aromatic carbocycles. The van der Waals surface area contributed by atoms with E-state index >= 15 is 0 Å². The van der Waals surface area contributed by atoms with Crippen molar-refractivity contribution in [3.8, 4) is 11.5 Å². The number of nitrogens with one attached hydrogen (secondary N) is 1. The number of carbonyl (C=O) groups is 2. The molecular weight excluding hydrogens is 298 g/mol. The SMILES string of the molecule is CC(CCC(=O)O)CNC(=O)c1cc(Cl)c2c(c1)OCO2. The van der Waals surface area contributed by atoms with Crippen molar-refractivity contribution in [2.75, 3.05) is 13.3 Å². The van der Waals surface area contributed by atoms with E-state index in [0.717, 1.165) is 0 Å². The molecule has 1 amide bonds. The Hall–Kier alpha value is -1.95. The van der Waals surface area contributed by atoms with E-state index in [1.165, 1.54) is 6.07 Å². The van der Waals surface area contributed by atoms with Gasteiger partial charge in [-0.3, -0.25) is 9.59 Å². The van der Waals surface area contributed by atoms with Gasteiger partial charge in [0.2, 0.25) is 6.79 Å². The number of ether oxygens (including phenoxy) is 2. The molecule has 1 unspecified atom stereocenters. The minimum atomic E-state index is -0.837. The number of halogens is 1. The number of rotatable bonds is 6. The van der Waals surface area contributed by atoms with Crippen molar-refractivity contribution in [1.82, 2.24) is 5.32 Å². The molecular formula is C14H16ClNO5. The number of carboxylic acid groups (broad SMARTS) is 1. The van der Waals surface area contributed by atoms with E-state index in [4.69, 9.17) is 26.2 Å².